The average molecular weight is 283 g/mol. The van der Waals surface area contributed by atoms with Gasteiger partial charge < -0.3 is 9.73 Å². The number of amides is 1. The van der Waals surface area contributed by atoms with Crippen LogP contribution in [0.3, 0.4) is 0 Å². The Kier molecular flexibility index (Phi) is 2.53. The lowest BCUT2D eigenvalue weighted by Gasteiger charge is -2.06. The van der Waals surface area contributed by atoms with Crippen molar-refractivity contribution in [2.45, 2.75) is 19.8 Å². The van der Waals surface area contributed by atoms with Gasteiger partial charge >= 0.3 is 0 Å². The molecule has 21 heavy (non-hydrogen) atoms. The van der Waals surface area contributed by atoms with E-state index in [1.807, 2.05) is 19.1 Å². The highest BCUT2D eigenvalue weighted by atomic mass is 16.3. The normalized spacial score (nSPS) is 14.5. The second-order valence-corrected chi connectivity index (χ2v) is 5.18. The van der Waals surface area contributed by atoms with Gasteiger partial charge in [-0.25, -0.2) is 14.5 Å². The summed E-state index contributed by atoms with van der Waals surface area (Å²) in [6.07, 6.45) is 4.99. The van der Waals surface area contributed by atoms with Crippen molar-refractivity contribution in [2.24, 2.45) is 5.92 Å². The molecule has 1 saturated carbocycles. The first-order valence-corrected chi connectivity index (χ1v) is 6.79. The van der Waals surface area contributed by atoms with E-state index < -0.39 is 0 Å². The van der Waals surface area contributed by atoms with Gasteiger partial charge in [0.2, 0.25) is 5.91 Å². The predicted molar refractivity (Wildman–Crippen MR) is 74.6 cm³/mol. The van der Waals surface area contributed by atoms with Gasteiger partial charge in [0, 0.05) is 5.92 Å². The first kappa shape index (κ1) is 12.1. The molecule has 0 spiro atoms. The number of hydrogen-bond acceptors (Lipinski definition) is 5. The van der Waals surface area contributed by atoms with Gasteiger partial charge in [0.05, 0.1) is 6.20 Å². The fraction of sp³-hybridized carbons (Fsp3) is 0.286. The van der Waals surface area contributed by atoms with Crippen molar-refractivity contribution >= 4 is 17.4 Å². The van der Waals surface area contributed by atoms with Crippen molar-refractivity contribution in [1.82, 2.24) is 19.6 Å². The molecular formula is C14H13N5O2. The third kappa shape index (κ3) is 2.16. The standard InChI is InChI=1S/C14H13N5O2/c1-8-2-5-10(21-8)12-13-15-7-16-19(13)6-11(17-12)18-14(20)9-3-4-9/h2,5-7,9H,3-4H2,1H3,(H,18,20). The molecule has 0 bridgehead atoms. The largest absolute Gasteiger partial charge is 0.460 e. The Labute approximate surface area is 120 Å². The van der Waals surface area contributed by atoms with E-state index in [4.69, 9.17) is 4.42 Å². The van der Waals surface area contributed by atoms with Crippen molar-refractivity contribution in [3.8, 4) is 11.5 Å². The molecule has 3 heterocycles. The number of hydrogen-bond donors (Lipinski definition) is 1. The topological polar surface area (TPSA) is 85.3 Å². The van der Waals surface area contributed by atoms with Crippen LogP contribution in [0.2, 0.25) is 0 Å². The third-order valence-electron chi connectivity index (χ3n) is 3.43. The number of nitrogens with one attached hydrogen (secondary N) is 1. The maximum Gasteiger partial charge on any atom is 0.228 e. The van der Waals surface area contributed by atoms with Gasteiger partial charge in [-0.1, -0.05) is 0 Å². The number of aromatic nitrogens is 4. The minimum atomic E-state index is 0.00328. The molecule has 1 amide bonds. The summed E-state index contributed by atoms with van der Waals surface area (Å²) in [7, 11) is 0. The van der Waals surface area contributed by atoms with Gasteiger partial charge in [-0.05, 0) is 31.9 Å². The molecule has 7 nitrogen and oxygen atoms in total. The van der Waals surface area contributed by atoms with Crippen molar-refractivity contribution in [3.05, 3.63) is 30.4 Å². The first-order valence-electron chi connectivity index (χ1n) is 6.79. The molecule has 0 saturated heterocycles. The van der Waals surface area contributed by atoms with Gasteiger partial charge in [0.1, 0.15) is 12.1 Å². The zero-order valence-corrected chi connectivity index (χ0v) is 11.4. The van der Waals surface area contributed by atoms with Crippen molar-refractivity contribution < 1.29 is 9.21 Å². The van der Waals surface area contributed by atoms with Gasteiger partial charge in [-0.3, -0.25) is 4.79 Å². The van der Waals surface area contributed by atoms with Gasteiger partial charge in [0.15, 0.2) is 22.9 Å². The summed E-state index contributed by atoms with van der Waals surface area (Å²) in [4.78, 5) is 20.5. The van der Waals surface area contributed by atoms with E-state index in [-0.39, 0.29) is 11.8 Å². The van der Waals surface area contributed by atoms with Gasteiger partial charge in [-0.15, -0.1) is 0 Å². The maximum absolute atomic E-state index is 11.9. The Hall–Kier alpha value is -2.70. The maximum atomic E-state index is 11.9. The minimum absolute atomic E-state index is 0.00328. The van der Waals surface area contributed by atoms with Crippen LogP contribution in [-0.4, -0.2) is 25.5 Å². The number of nitrogens with zero attached hydrogens (tertiary/aromatic N) is 4. The highest BCUT2D eigenvalue weighted by Gasteiger charge is 2.30. The summed E-state index contributed by atoms with van der Waals surface area (Å²) in [5.74, 6) is 1.97. The highest BCUT2D eigenvalue weighted by molar-refractivity contribution is 5.93. The number of fused-ring (bicyclic) bond motifs is 1. The highest BCUT2D eigenvalue weighted by Crippen LogP contribution is 2.30. The lowest BCUT2D eigenvalue weighted by atomic mass is 10.3. The van der Waals surface area contributed by atoms with Crippen molar-refractivity contribution in [1.29, 1.82) is 0 Å². The first-order chi connectivity index (χ1) is 10.2. The predicted octanol–water partition coefficient (Wildman–Crippen LogP) is 2.04. The zero-order chi connectivity index (χ0) is 14.4. The molecule has 0 aliphatic heterocycles. The molecule has 0 radical (unpaired) electrons. The molecule has 3 aromatic rings. The molecule has 1 aliphatic carbocycles. The quantitative estimate of drug-likeness (QED) is 0.795. The van der Waals surface area contributed by atoms with E-state index in [9.17, 15) is 4.79 Å². The van der Waals surface area contributed by atoms with Crippen molar-refractivity contribution in [3.63, 3.8) is 0 Å². The molecule has 7 heteroatoms. The third-order valence-corrected chi connectivity index (χ3v) is 3.43. The molecular weight excluding hydrogens is 270 g/mol. The fourth-order valence-electron chi connectivity index (χ4n) is 2.19. The number of anilines is 1. The second kappa shape index (κ2) is 4.41. The molecule has 1 N–H and O–H groups in total. The molecule has 0 unspecified atom stereocenters. The van der Waals surface area contributed by atoms with Crippen LogP contribution in [0.5, 0.6) is 0 Å². The van der Waals surface area contributed by atoms with E-state index >= 15 is 0 Å². The van der Waals surface area contributed by atoms with E-state index in [0.29, 0.717) is 22.9 Å². The Balaban J connectivity index is 1.80. The number of furan rings is 1. The lowest BCUT2D eigenvalue weighted by molar-refractivity contribution is -0.117. The zero-order valence-electron chi connectivity index (χ0n) is 11.4. The second-order valence-electron chi connectivity index (χ2n) is 5.18. The number of rotatable bonds is 3. The van der Waals surface area contributed by atoms with E-state index in [0.717, 1.165) is 18.6 Å². The van der Waals surface area contributed by atoms with Crippen LogP contribution >= 0.6 is 0 Å². The lowest BCUT2D eigenvalue weighted by Crippen LogP contribution is -2.15. The van der Waals surface area contributed by atoms with Gasteiger partial charge in [0.25, 0.3) is 0 Å². The summed E-state index contributed by atoms with van der Waals surface area (Å²) in [5.41, 5.74) is 1.16. The fourth-order valence-corrected chi connectivity index (χ4v) is 2.19. The molecule has 1 fully saturated rings. The Morgan fingerprint density at radius 2 is 2.29 bits per heavy atom. The van der Waals surface area contributed by atoms with Crippen LogP contribution in [0.25, 0.3) is 17.1 Å². The van der Waals surface area contributed by atoms with Crippen LogP contribution in [-0.2, 0) is 4.79 Å². The Bertz CT molecular complexity index is 831. The number of carbonyl (C=O) groups is 1. The monoisotopic (exact) mass is 283 g/mol. The molecule has 0 atom stereocenters. The van der Waals surface area contributed by atoms with Crippen LogP contribution in [0.15, 0.2) is 29.1 Å². The summed E-state index contributed by atoms with van der Waals surface area (Å²) in [6.45, 7) is 1.86. The number of aryl methyl sites for hydroxylation is 1. The van der Waals surface area contributed by atoms with Crippen molar-refractivity contribution in [2.75, 3.05) is 5.32 Å². The molecule has 4 rings (SSSR count). The van der Waals surface area contributed by atoms with Crippen LogP contribution in [0, 0.1) is 12.8 Å². The SMILES string of the molecule is Cc1ccc(-c2nc(NC(=O)C3CC3)cn3ncnc23)o1. The molecule has 106 valence electrons. The molecule has 1 aliphatic rings. The Morgan fingerprint density at radius 1 is 1.43 bits per heavy atom. The van der Waals surface area contributed by atoms with Crippen LogP contribution < -0.4 is 5.32 Å². The average Bonchev–Trinajstić information content (AvgIpc) is 3.07. The van der Waals surface area contributed by atoms with Gasteiger partial charge in [-0.2, -0.15) is 5.10 Å². The summed E-state index contributed by atoms with van der Waals surface area (Å²) >= 11 is 0. The smallest absolute Gasteiger partial charge is 0.228 e. The minimum Gasteiger partial charge on any atom is -0.460 e. The van der Waals surface area contributed by atoms with E-state index in [1.54, 1.807) is 10.7 Å². The van der Waals surface area contributed by atoms with Crippen LogP contribution in [0.4, 0.5) is 5.82 Å². The summed E-state index contributed by atoms with van der Waals surface area (Å²) in [5, 5.41) is 6.94. The molecule has 0 aromatic carbocycles. The van der Waals surface area contributed by atoms with E-state index in [2.05, 4.69) is 20.4 Å². The summed E-state index contributed by atoms with van der Waals surface area (Å²) in [6, 6.07) is 3.69. The number of carbonyl (C=O) groups excluding carboxylic acids is 1. The Morgan fingerprint density at radius 3 is 3.00 bits per heavy atom. The summed E-state index contributed by atoms with van der Waals surface area (Å²) < 4.78 is 7.20. The van der Waals surface area contributed by atoms with E-state index in [1.165, 1.54) is 6.33 Å². The molecule has 3 aromatic heterocycles. The van der Waals surface area contributed by atoms with Crippen LogP contribution in [0.1, 0.15) is 18.6 Å².